The lowest BCUT2D eigenvalue weighted by Gasteiger charge is -2.27. The zero-order valence-electron chi connectivity index (χ0n) is 23.1. The number of rotatable bonds is 5. The summed E-state index contributed by atoms with van der Waals surface area (Å²) in [6.07, 6.45) is 2.65. The third-order valence-electron chi connectivity index (χ3n) is 6.82. The van der Waals surface area contributed by atoms with Gasteiger partial charge in [-0.15, -0.1) is 0 Å². The zero-order chi connectivity index (χ0) is 29.3. The van der Waals surface area contributed by atoms with Crippen LogP contribution in [0.25, 0.3) is 21.9 Å². The number of hydrogen-bond acceptors (Lipinski definition) is 6. The van der Waals surface area contributed by atoms with Gasteiger partial charge in [-0.1, -0.05) is 29.8 Å². The molecule has 2 aromatic carbocycles. The smallest absolute Gasteiger partial charge is 0.426 e. The van der Waals surface area contributed by atoms with E-state index in [1.54, 1.807) is 31.9 Å². The summed E-state index contributed by atoms with van der Waals surface area (Å²) in [6.45, 7) is 6.08. The fourth-order valence-electron chi connectivity index (χ4n) is 4.92. The van der Waals surface area contributed by atoms with E-state index in [2.05, 4.69) is 10.4 Å². The number of likely N-dealkylation sites (tertiary alicyclic amines) is 1. The molecule has 41 heavy (non-hydrogen) atoms. The number of nitrogens with zero attached hydrogens (tertiary/aromatic N) is 2. The number of hydrazine groups is 1. The number of ether oxygens (including phenoxy) is 1. The number of benzene rings is 2. The van der Waals surface area contributed by atoms with Crippen molar-refractivity contribution in [3.8, 4) is 0 Å². The van der Waals surface area contributed by atoms with Crippen LogP contribution in [-0.4, -0.2) is 58.0 Å². The number of nitrogens with one attached hydrogen (secondary N) is 2. The number of furan rings is 1. The second-order valence-corrected chi connectivity index (χ2v) is 11.4. The molecule has 2 aromatic heterocycles. The van der Waals surface area contributed by atoms with Gasteiger partial charge < -0.3 is 19.0 Å². The minimum atomic E-state index is -0.876. The van der Waals surface area contributed by atoms with E-state index in [1.807, 2.05) is 24.3 Å². The molecule has 2 N–H and O–H groups in total. The van der Waals surface area contributed by atoms with Crippen LogP contribution in [0.3, 0.4) is 0 Å². The number of halogens is 1. The summed E-state index contributed by atoms with van der Waals surface area (Å²) in [4.78, 5) is 59.0. The van der Waals surface area contributed by atoms with Crippen LogP contribution >= 0.6 is 11.6 Å². The molecule has 5 rings (SSSR count). The number of carbonyl (C=O) groups is 3. The highest BCUT2D eigenvalue weighted by atomic mass is 35.5. The van der Waals surface area contributed by atoms with Crippen molar-refractivity contribution >= 4 is 51.4 Å². The Labute approximate surface area is 241 Å². The molecule has 11 heteroatoms. The monoisotopic (exact) mass is 578 g/mol. The van der Waals surface area contributed by atoms with Crippen molar-refractivity contribution in [2.75, 3.05) is 19.6 Å². The van der Waals surface area contributed by atoms with E-state index in [9.17, 15) is 19.2 Å². The Morgan fingerprint density at radius 2 is 1.83 bits per heavy atom. The third kappa shape index (κ3) is 6.07. The first-order chi connectivity index (χ1) is 19.5. The van der Waals surface area contributed by atoms with Crippen molar-refractivity contribution in [3.05, 3.63) is 80.8 Å². The number of para-hydroxylation sites is 1. The second kappa shape index (κ2) is 11.3. The predicted octanol–water partition coefficient (Wildman–Crippen LogP) is 5.29. The number of aromatic amines is 1. The molecular weight excluding hydrogens is 548 g/mol. The number of H-pyrrole nitrogens is 1. The van der Waals surface area contributed by atoms with E-state index in [4.69, 9.17) is 20.8 Å². The Morgan fingerprint density at radius 3 is 2.56 bits per heavy atom. The van der Waals surface area contributed by atoms with Gasteiger partial charge in [0.05, 0.1) is 11.8 Å². The van der Waals surface area contributed by atoms with Crippen molar-refractivity contribution in [2.45, 2.75) is 45.6 Å². The Balaban J connectivity index is 1.56. The first-order valence-electron chi connectivity index (χ1n) is 13.4. The standard InChI is InChI=1S/C30H31ClN4O6/c1-30(2,3)41-29(39)33-35(15-12-18-17-40-23-9-5-4-8-20(18)23)27(37)24-25(28(38)34-13-6-7-14-34)32-22-16-19(31)10-11-21(22)26(24)36/h4-5,8-11,16-17H,6-7,12-15H2,1-3H3,(H,32,36)(H,33,39). The zero-order valence-corrected chi connectivity index (χ0v) is 23.8. The fraction of sp³-hybridized carbons (Fsp3) is 0.333. The maximum atomic E-state index is 14.2. The van der Waals surface area contributed by atoms with E-state index < -0.39 is 28.9 Å². The third-order valence-corrected chi connectivity index (χ3v) is 7.06. The van der Waals surface area contributed by atoms with E-state index in [1.165, 1.54) is 18.2 Å². The van der Waals surface area contributed by atoms with Crippen molar-refractivity contribution in [3.63, 3.8) is 0 Å². The van der Waals surface area contributed by atoms with E-state index >= 15 is 0 Å². The van der Waals surface area contributed by atoms with Gasteiger partial charge in [0.15, 0.2) is 0 Å². The maximum Gasteiger partial charge on any atom is 0.426 e. The normalized spacial score (nSPS) is 13.5. The molecule has 0 radical (unpaired) electrons. The van der Waals surface area contributed by atoms with Crippen molar-refractivity contribution in [1.29, 1.82) is 0 Å². The van der Waals surface area contributed by atoms with Gasteiger partial charge in [-0.25, -0.2) is 15.2 Å². The van der Waals surface area contributed by atoms with Gasteiger partial charge in [0.1, 0.15) is 22.4 Å². The summed E-state index contributed by atoms with van der Waals surface area (Å²) in [5.41, 5.74) is 2.31. The van der Waals surface area contributed by atoms with Crippen LogP contribution in [0, 0.1) is 0 Å². The van der Waals surface area contributed by atoms with Crippen LogP contribution in [0.1, 0.15) is 60.0 Å². The Bertz CT molecular complexity index is 1700. The highest BCUT2D eigenvalue weighted by Crippen LogP contribution is 2.23. The number of carbonyl (C=O) groups excluding carboxylic acids is 3. The van der Waals surface area contributed by atoms with Crippen LogP contribution in [-0.2, 0) is 11.2 Å². The topological polar surface area (TPSA) is 125 Å². The highest BCUT2D eigenvalue weighted by Gasteiger charge is 2.32. The van der Waals surface area contributed by atoms with E-state index in [0.29, 0.717) is 29.2 Å². The van der Waals surface area contributed by atoms with Gasteiger partial charge in [-0.05, 0) is 64.3 Å². The Hall–Kier alpha value is -4.31. The lowest BCUT2D eigenvalue weighted by molar-refractivity contribution is 0.0295. The molecule has 0 unspecified atom stereocenters. The van der Waals surface area contributed by atoms with Gasteiger partial charge in [0.2, 0.25) is 5.43 Å². The van der Waals surface area contributed by atoms with Crippen LogP contribution in [0.15, 0.2) is 57.9 Å². The van der Waals surface area contributed by atoms with Crippen molar-refractivity contribution in [2.24, 2.45) is 0 Å². The Kier molecular flexibility index (Phi) is 7.77. The van der Waals surface area contributed by atoms with Crippen molar-refractivity contribution < 1.29 is 23.5 Å². The number of pyridine rings is 1. The molecule has 0 spiro atoms. The quantitative estimate of drug-likeness (QED) is 0.310. The van der Waals surface area contributed by atoms with Crippen LogP contribution < -0.4 is 10.9 Å². The number of fused-ring (bicyclic) bond motifs is 2. The van der Waals surface area contributed by atoms with Crippen molar-refractivity contribution in [1.82, 2.24) is 20.3 Å². The number of hydrogen-bond donors (Lipinski definition) is 2. The molecule has 0 bridgehead atoms. The molecule has 10 nitrogen and oxygen atoms in total. The van der Waals surface area contributed by atoms with E-state index in [0.717, 1.165) is 28.8 Å². The summed E-state index contributed by atoms with van der Waals surface area (Å²) in [5.74, 6) is -1.31. The molecule has 3 heterocycles. The lowest BCUT2D eigenvalue weighted by Crippen LogP contribution is -2.50. The predicted molar refractivity (Wildman–Crippen MR) is 155 cm³/mol. The van der Waals surface area contributed by atoms with E-state index in [-0.39, 0.29) is 29.6 Å². The first-order valence-corrected chi connectivity index (χ1v) is 13.8. The summed E-state index contributed by atoms with van der Waals surface area (Å²) in [5, 5.41) is 2.44. The van der Waals surface area contributed by atoms with Gasteiger partial charge >= 0.3 is 6.09 Å². The number of amides is 3. The van der Waals surface area contributed by atoms with Gasteiger partial charge in [-0.3, -0.25) is 14.4 Å². The highest BCUT2D eigenvalue weighted by molar-refractivity contribution is 6.31. The van der Waals surface area contributed by atoms with Crippen LogP contribution in [0.2, 0.25) is 5.02 Å². The average molecular weight is 579 g/mol. The molecule has 1 fully saturated rings. The minimum Gasteiger partial charge on any atom is -0.464 e. The Morgan fingerprint density at radius 1 is 1.10 bits per heavy atom. The summed E-state index contributed by atoms with van der Waals surface area (Å²) in [6, 6.07) is 12.0. The largest absolute Gasteiger partial charge is 0.464 e. The molecule has 1 aliphatic rings. The molecule has 0 saturated carbocycles. The molecule has 214 valence electrons. The SMILES string of the molecule is CC(C)(C)OC(=O)NN(CCc1coc2ccccc12)C(=O)c1c(C(=O)N2CCCC2)[nH]c2cc(Cl)ccc2c1=O. The number of aromatic nitrogens is 1. The van der Waals surface area contributed by atoms with Gasteiger partial charge in [-0.2, -0.15) is 0 Å². The minimum absolute atomic E-state index is 0.0307. The molecule has 0 atom stereocenters. The second-order valence-electron chi connectivity index (χ2n) is 11.0. The first kappa shape index (κ1) is 28.2. The van der Waals surface area contributed by atoms with Gasteiger partial charge in [0, 0.05) is 41.0 Å². The maximum absolute atomic E-state index is 14.2. The molecule has 4 aromatic rings. The summed E-state index contributed by atoms with van der Waals surface area (Å²) in [7, 11) is 0. The van der Waals surface area contributed by atoms with Crippen LogP contribution in [0.4, 0.5) is 4.79 Å². The molecular formula is C30H31ClN4O6. The summed E-state index contributed by atoms with van der Waals surface area (Å²) < 4.78 is 11.0. The molecule has 1 aliphatic heterocycles. The molecule has 0 aliphatic carbocycles. The van der Waals surface area contributed by atoms with Gasteiger partial charge in [0.25, 0.3) is 11.8 Å². The summed E-state index contributed by atoms with van der Waals surface area (Å²) >= 11 is 6.16. The molecule has 3 amide bonds. The fourth-order valence-corrected chi connectivity index (χ4v) is 5.09. The van der Waals surface area contributed by atoms with Crippen LogP contribution in [0.5, 0.6) is 0 Å². The average Bonchev–Trinajstić information content (AvgIpc) is 3.59. The lowest BCUT2D eigenvalue weighted by atomic mass is 10.1. The molecule has 1 saturated heterocycles.